The first-order valence-electron chi connectivity index (χ1n) is 7.92. The molecule has 0 spiro atoms. The fourth-order valence-corrected chi connectivity index (χ4v) is 3.90. The Labute approximate surface area is 153 Å². The molecular weight excluding hydrogens is 366 g/mol. The summed E-state index contributed by atoms with van der Waals surface area (Å²) in [6.07, 6.45) is 0.287. The summed E-state index contributed by atoms with van der Waals surface area (Å²) in [5.74, 6) is -0.596. The van der Waals surface area contributed by atoms with Crippen LogP contribution in [0.3, 0.4) is 0 Å². The monoisotopic (exact) mass is 387 g/mol. The van der Waals surface area contributed by atoms with Crippen LogP contribution in [0.2, 0.25) is 0 Å². The van der Waals surface area contributed by atoms with Crippen molar-refractivity contribution < 1.29 is 19.1 Å². The lowest BCUT2D eigenvalue weighted by molar-refractivity contribution is -0.145. The molecular formula is C14H21N5O4S2. The van der Waals surface area contributed by atoms with E-state index >= 15 is 0 Å². The van der Waals surface area contributed by atoms with Gasteiger partial charge in [-0.2, -0.15) is 0 Å². The first kappa shape index (κ1) is 19.4. The van der Waals surface area contributed by atoms with Crippen molar-refractivity contribution in [2.24, 2.45) is 5.73 Å². The number of aromatic nitrogens is 2. The van der Waals surface area contributed by atoms with Gasteiger partial charge in [0.15, 0.2) is 4.34 Å². The van der Waals surface area contributed by atoms with Crippen molar-refractivity contribution in [2.45, 2.75) is 24.1 Å². The first-order chi connectivity index (χ1) is 12.0. The van der Waals surface area contributed by atoms with Crippen molar-refractivity contribution in [1.82, 2.24) is 15.1 Å². The quantitative estimate of drug-likeness (QED) is 0.493. The Morgan fingerprint density at radius 1 is 1.20 bits per heavy atom. The van der Waals surface area contributed by atoms with Gasteiger partial charge in [-0.25, -0.2) is 0 Å². The van der Waals surface area contributed by atoms with Gasteiger partial charge in [0.25, 0.3) is 0 Å². The Balaban J connectivity index is 1.76. The third-order valence-corrected chi connectivity index (χ3v) is 5.62. The summed E-state index contributed by atoms with van der Waals surface area (Å²) in [5, 5.41) is 8.93. The van der Waals surface area contributed by atoms with Crippen molar-refractivity contribution in [3.63, 3.8) is 0 Å². The highest BCUT2D eigenvalue weighted by molar-refractivity contribution is 8.01. The normalized spacial score (nSPS) is 14.4. The predicted molar refractivity (Wildman–Crippen MR) is 94.5 cm³/mol. The number of ether oxygens (including phenoxy) is 1. The van der Waals surface area contributed by atoms with Crippen LogP contribution in [0.25, 0.3) is 0 Å². The number of anilines is 1. The van der Waals surface area contributed by atoms with Gasteiger partial charge in [-0.3, -0.25) is 14.4 Å². The molecule has 0 unspecified atom stereocenters. The van der Waals surface area contributed by atoms with E-state index in [4.69, 9.17) is 10.5 Å². The van der Waals surface area contributed by atoms with Crippen molar-refractivity contribution in [3.8, 4) is 0 Å². The number of carbonyl (C=O) groups is 3. The molecule has 1 saturated heterocycles. The maximum Gasteiger partial charge on any atom is 0.306 e. The summed E-state index contributed by atoms with van der Waals surface area (Å²) in [6.45, 7) is 4.52. The largest absolute Gasteiger partial charge is 0.466 e. The van der Waals surface area contributed by atoms with E-state index < -0.39 is 5.91 Å². The van der Waals surface area contributed by atoms with Gasteiger partial charge >= 0.3 is 5.97 Å². The molecule has 0 bridgehead atoms. The highest BCUT2D eigenvalue weighted by Crippen LogP contribution is 2.28. The Kier molecular flexibility index (Phi) is 7.44. The van der Waals surface area contributed by atoms with Crippen LogP contribution in [0.1, 0.15) is 19.8 Å². The summed E-state index contributed by atoms with van der Waals surface area (Å²) < 4.78 is 5.52. The third-order valence-electron chi connectivity index (χ3n) is 3.48. The number of esters is 1. The van der Waals surface area contributed by atoms with E-state index in [0.29, 0.717) is 37.1 Å². The second kappa shape index (κ2) is 9.56. The number of rotatable bonds is 8. The van der Waals surface area contributed by atoms with E-state index in [0.717, 1.165) is 5.13 Å². The molecule has 9 nitrogen and oxygen atoms in total. The molecule has 1 aromatic heterocycles. The maximum atomic E-state index is 12.1. The number of nitrogens with two attached hydrogens (primary N) is 1. The molecule has 1 fully saturated rings. The molecule has 0 atom stereocenters. The summed E-state index contributed by atoms with van der Waals surface area (Å²) in [4.78, 5) is 38.0. The molecule has 1 aliphatic heterocycles. The molecule has 0 saturated carbocycles. The second-order valence-corrected chi connectivity index (χ2v) is 7.46. The molecule has 138 valence electrons. The molecule has 0 aromatic carbocycles. The minimum atomic E-state index is -0.392. The lowest BCUT2D eigenvalue weighted by Gasteiger charge is -2.34. The average molecular weight is 387 g/mol. The highest BCUT2D eigenvalue weighted by atomic mass is 32.2. The summed E-state index contributed by atoms with van der Waals surface area (Å²) in [7, 11) is 0. The number of nitrogens with zero attached hydrogens (tertiary/aromatic N) is 4. The van der Waals surface area contributed by atoms with E-state index in [-0.39, 0.29) is 30.5 Å². The highest BCUT2D eigenvalue weighted by Gasteiger charge is 2.23. The van der Waals surface area contributed by atoms with Crippen molar-refractivity contribution in [3.05, 3.63) is 0 Å². The maximum absolute atomic E-state index is 12.1. The van der Waals surface area contributed by atoms with Gasteiger partial charge in [0.05, 0.1) is 18.8 Å². The van der Waals surface area contributed by atoms with Crippen LogP contribution in [0, 0.1) is 0 Å². The van der Waals surface area contributed by atoms with E-state index in [1.807, 2.05) is 0 Å². The number of hydrogen-bond donors (Lipinski definition) is 1. The Morgan fingerprint density at radius 3 is 2.56 bits per heavy atom. The van der Waals surface area contributed by atoms with E-state index in [1.54, 1.807) is 11.8 Å². The Hall–Kier alpha value is -1.88. The second-order valence-electron chi connectivity index (χ2n) is 5.28. The first-order valence-corrected chi connectivity index (χ1v) is 9.72. The van der Waals surface area contributed by atoms with Crippen LogP contribution < -0.4 is 10.6 Å². The molecule has 0 aliphatic carbocycles. The average Bonchev–Trinajstić information content (AvgIpc) is 3.07. The smallest absolute Gasteiger partial charge is 0.306 e. The number of carbonyl (C=O) groups excluding carboxylic acids is 3. The SMILES string of the molecule is CCOC(=O)CCC(=O)N1CCN(c2nnc(SCC(N)=O)s2)CC1. The molecule has 1 aromatic rings. The minimum Gasteiger partial charge on any atom is -0.466 e. The minimum absolute atomic E-state index is 0.0392. The van der Waals surface area contributed by atoms with Crippen LogP contribution in [-0.2, 0) is 19.1 Å². The molecule has 2 heterocycles. The van der Waals surface area contributed by atoms with Gasteiger partial charge in [0, 0.05) is 32.6 Å². The van der Waals surface area contributed by atoms with Crippen molar-refractivity contribution in [2.75, 3.05) is 43.4 Å². The fourth-order valence-electron chi connectivity index (χ4n) is 2.27. The standard InChI is InChI=1S/C14H21N5O4S2/c1-2-23-12(22)4-3-11(21)18-5-7-19(8-6-18)13-16-17-14(25-13)24-9-10(15)20/h2-9H2,1H3,(H2,15,20). The van der Waals surface area contributed by atoms with E-state index in [9.17, 15) is 14.4 Å². The third kappa shape index (κ3) is 6.16. The van der Waals surface area contributed by atoms with Gasteiger partial charge in [-0.05, 0) is 6.92 Å². The van der Waals surface area contributed by atoms with Crippen LogP contribution in [-0.4, -0.2) is 71.4 Å². The molecule has 2 rings (SSSR count). The number of piperazine rings is 1. The number of hydrogen-bond acceptors (Lipinski definition) is 9. The molecule has 11 heteroatoms. The summed E-state index contributed by atoms with van der Waals surface area (Å²) in [5.41, 5.74) is 5.11. The van der Waals surface area contributed by atoms with Gasteiger partial charge < -0.3 is 20.3 Å². The van der Waals surface area contributed by atoms with Crippen LogP contribution in [0.15, 0.2) is 4.34 Å². The van der Waals surface area contributed by atoms with Crippen LogP contribution >= 0.6 is 23.1 Å². The fraction of sp³-hybridized carbons (Fsp3) is 0.643. The summed E-state index contributed by atoms with van der Waals surface area (Å²) in [6, 6.07) is 0. The number of primary amides is 1. The zero-order valence-electron chi connectivity index (χ0n) is 14.0. The molecule has 0 radical (unpaired) electrons. The molecule has 2 N–H and O–H groups in total. The van der Waals surface area contributed by atoms with Crippen molar-refractivity contribution in [1.29, 1.82) is 0 Å². The van der Waals surface area contributed by atoms with Gasteiger partial charge in [-0.1, -0.05) is 23.1 Å². The zero-order valence-corrected chi connectivity index (χ0v) is 15.6. The van der Waals surface area contributed by atoms with Gasteiger partial charge in [0.1, 0.15) is 0 Å². The number of thioether (sulfide) groups is 1. The van der Waals surface area contributed by atoms with Gasteiger partial charge in [0.2, 0.25) is 16.9 Å². The Morgan fingerprint density at radius 2 is 1.92 bits per heavy atom. The van der Waals surface area contributed by atoms with Gasteiger partial charge in [-0.15, -0.1) is 10.2 Å². The molecule has 1 aliphatic rings. The lowest BCUT2D eigenvalue weighted by Crippen LogP contribution is -2.48. The van der Waals surface area contributed by atoms with Crippen molar-refractivity contribution >= 4 is 46.0 Å². The van der Waals surface area contributed by atoms with E-state index in [1.165, 1.54) is 23.1 Å². The van der Waals surface area contributed by atoms with Crippen LogP contribution in [0.4, 0.5) is 5.13 Å². The zero-order chi connectivity index (χ0) is 18.2. The topological polar surface area (TPSA) is 119 Å². The summed E-state index contributed by atoms with van der Waals surface area (Å²) >= 11 is 2.67. The number of amides is 2. The predicted octanol–water partition coefficient (Wildman–Crippen LogP) is 0.107. The Bertz CT molecular complexity index is 616. The lowest BCUT2D eigenvalue weighted by atomic mass is 10.2. The molecule has 2 amide bonds. The van der Waals surface area contributed by atoms with E-state index in [2.05, 4.69) is 15.1 Å². The van der Waals surface area contributed by atoms with Crippen LogP contribution in [0.5, 0.6) is 0 Å². The molecule has 25 heavy (non-hydrogen) atoms.